The summed E-state index contributed by atoms with van der Waals surface area (Å²) >= 11 is 0. The lowest BCUT2D eigenvalue weighted by Crippen LogP contribution is -2.30. The van der Waals surface area contributed by atoms with Crippen LogP contribution in [-0.4, -0.2) is 29.7 Å². The molecule has 2 heterocycles. The standard InChI is InChI=1S/C11H13N3O/c15-10-6-12-5-7-1-2-9-8(3-4-13-9)11(7)14-10/h3-4,7,12-13H,1-2,5-6H2. The number of fused-ring (bicyclic) bond motifs is 3. The lowest BCUT2D eigenvalue weighted by Gasteiger charge is -2.22. The van der Waals surface area contributed by atoms with Gasteiger partial charge in [-0.2, -0.15) is 0 Å². The van der Waals surface area contributed by atoms with Gasteiger partial charge in [-0.05, 0) is 18.9 Å². The Morgan fingerprint density at radius 1 is 1.47 bits per heavy atom. The summed E-state index contributed by atoms with van der Waals surface area (Å²) < 4.78 is 0. The third-order valence-electron chi connectivity index (χ3n) is 3.15. The highest BCUT2D eigenvalue weighted by Crippen LogP contribution is 2.25. The van der Waals surface area contributed by atoms with Crippen LogP contribution < -0.4 is 5.32 Å². The molecule has 4 heteroatoms. The highest BCUT2D eigenvalue weighted by atomic mass is 16.1. The Hall–Kier alpha value is -1.42. The molecule has 15 heavy (non-hydrogen) atoms. The summed E-state index contributed by atoms with van der Waals surface area (Å²) in [5, 5.41) is 3.14. The van der Waals surface area contributed by atoms with Gasteiger partial charge in [0.15, 0.2) is 0 Å². The molecule has 2 N–H and O–H groups in total. The third kappa shape index (κ3) is 1.41. The molecular weight excluding hydrogens is 190 g/mol. The van der Waals surface area contributed by atoms with E-state index in [1.807, 2.05) is 12.3 Å². The Bertz CT molecular complexity index is 433. The van der Waals surface area contributed by atoms with E-state index in [0.717, 1.165) is 30.7 Å². The second kappa shape index (κ2) is 3.31. The third-order valence-corrected chi connectivity index (χ3v) is 3.15. The van der Waals surface area contributed by atoms with Crippen molar-refractivity contribution in [3.63, 3.8) is 0 Å². The number of aromatic nitrogens is 1. The molecule has 0 saturated carbocycles. The summed E-state index contributed by atoms with van der Waals surface area (Å²) in [7, 11) is 0. The molecule has 78 valence electrons. The number of aromatic amines is 1. The van der Waals surface area contributed by atoms with Gasteiger partial charge in [-0.1, -0.05) is 0 Å². The van der Waals surface area contributed by atoms with Gasteiger partial charge in [-0.3, -0.25) is 4.79 Å². The van der Waals surface area contributed by atoms with Crippen LogP contribution in [-0.2, 0) is 11.2 Å². The topological polar surface area (TPSA) is 57.2 Å². The van der Waals surface area contributed by atoms with Gasteiger partial charge in [-0.15, -0.1) is 0 Å². The predicted molar refractivity (Wildman–Crippen MR) is 57.0 cm³/mol. The number of carbonyl (C=O) groups is 1. The fraction of sp³-hybridized carbons (Fsp3) is 0.455. The summed E-state index contributed by atoms with van der Waals surface area (Å²) in [6.07, 6.45) is 4.06. The summed E-state index contributed by atoms with van der Waals surface area (Å²) in [6, 6.07) is 2.03. The molecule has 1 amide bonds. The average molecular weight is 203 g/mol. The van der Waals surface area contributed by atoms with Crippen molar-refractivity contribution in [2.75, 3.05) is 13.1 Å². The van der Waals surface area contributed by atoms with Crippen molar-refractivity contribution in [1.82, 2.24) is 10.3 Å². The molecule has 1 aliphatic heterocycles. The Balaban J connectivity index is 2.09. The van der Waals surface area contributed by atoms with Gasteiger partial charge in [0.05, 0.1) is 12.3 Å². The van der Waals surface area contributed by atoms with E-state index in [1.54, 1.807) is 0 Å². The molecule has 0 bridgehead atoms. The van der Waals surface area contributed by atoms with Gasteiger partial charge in [0, 0.05) is 29.9 Å². The van der Waals surface area contributed by atoms with E-state index >= 15 is 0 Å². The minimum absolute atomic E-state index is 0.0541. The first-order chi connectivity index (χ1) is 7.34. The van der Waals surface area contributed by atoms with Gasteiger partial charge >= 0.3 is 0 Å². The van der Waals surface area contributed by atoms with Crippen molar-refractivity contribution >= 4 is 11.6 Å². The number of amides is 1. The summed E-state index contributed by atoms with van der Waals surface area (Å²) in [5.41, 5.74) is 3.34. The first kappa shape index (κ1) is 8.85. The second-order valence-corrected chi connectivity index (χ2v) is 4.13. The Morgan fingerprint density at radius 3 is 3.33 bits per heavy atom. The maximum absolute atomic E-state index is 11.4. The molecule has 1 aliphatic carbocycles. The maximum atomic E-state index is 11.4. The normalized spacial score (nSPS) is 25.2. The number of nitrogens with one attached hydrogen (secondary N) is 2. The number of H-pyrrole nitrogens is 1. The SMILES string of the molecule is O=C1CNCC2CCc3[nH]ccc3C2=N1. The highest BCUT2D eigenvalue weighted by molar-refractivity contribution is 6.10. The zero-order valence-electron chi connectivity index (χ0n) is 8.42. The van der Waals surface area contributed by atoms with Gasteiger partial charge in [0.25, 0.3) is 5.91 Å². The number of aliphatic imine (C=N–C) groups is 1. The average Bonchev–Trinajstić information content (AvgIpc) is 2.61. The number of hydrogen-bond acceptors (Lipinski definition) is 2. The largest absolute Gasteiger partial charge is 0.364 e. The van der Waals surface area contributed by atoms with Gasteiger partial charge in [0.2, 0.25) is 0 Å². The van der Waals surface area contributed by atoms with Crippen molar-refractivity contribution in [2.24, 2.45) is 10.9 Å². The molecule has 1 unspecified atom stereocenters. The van der Waals surface area contributed by atoms with Gasteiger partial charge < -0.3 is 10.3 Å². The molecule has 1 aromatic heterocycles. The smallest absolute Gasteiger partial charge is 0.259 e. The fourth-order valence-corrected chi connectivity index (χ4v) is 2.40. The van der Waals surface area contributed by atoms with Crippen LogP contribution in [0.25, 0.3) is 0 Å². The van der Waals surface area contributed by atoms with Crippen molar-refractivity contribution in [3.8, 4) is 0 Å². The predicted octanol–water partition coefficient (Wildman–Crippen LogP) is 0.496. The number of hydrogen-bond donors (Lipinski definition) is 2. The van der Waals surface area contributed by atoms with Crippen molar-refractivity contribution in [1.29, 1.82) is 0 Å². The molecule has 0 radical (unpaired) electrons. The van der Waals surface area contributed by atoms with Crippen LogP contribution >= 0.6 is 0 Å². The highest BCUT2D eigenvalue weighted by Gasteiger charge is 2.28. The van der Waals surface area contributed by atoms with Crippen LogP contribution in [0.3, 0.4) is 0 Å². The van der Waals surface area contributed by atoms with Crippen LogP contribution in [0.15, 0.2) is 17.3 Å². The lowest BCUT2D eigenvalue weighted by atomic mass is 9.85. The molecule has 0 fully saturated rings. The number of rotatable bonds is 0. The first-order valence-corrected chi connectivity index (χ1v) is 5.33. The van der Waals surface area contributed by atoms with E-state index in [-0.39, 0.29) is 5.91 Å². The molecule has 0 spiro atoms. The Morgan fingerprint density at radius 2 is 2.40 bits per heavy atom. The summed E-state index contributed by atoms with van der Waals surface area (Å²) in [5.74, 6) is 0.348. The summed E-state index contributed by atoms with van der Waals surface area (Å²) in [4.78, 5) is 18.8. The van der Waals surface area contributed by atoms with Crippen LogP contribution in [0.2, 0.25) is 0 Å². The van der Waals surface area contributed by atoms with Crippen molar-refractivity contribution in [2.45, 2.75) is 12.8 Å². The monoisotopic (exact) mass is 203 g/mol. The summed E-state index contributed by atoms with van der Waals surface area (Å²) in [6.45, 7) is 1.24. The molecule has 1 atom stereocenters. The maximum Gasteiger partial charge on any atom is 0.259 e. The molecule has 0 saturated heterocycles. The molecule has 4 nitrogen and oxygen atoms in total. The molecule has 3 rings (SSSR count). The molecule has 2 aliphatic rings. The van der Waals surface area contributed by atoms with E-state index in [4.69, 9.17) is 0 Å². The van der Waals surface area contributed by atoms with E-state index in [0.29, 0.717) is 12.5 Å². The van der Waals surface area contributed by atoms with E-state index in [9.17, 15) is 4.79 Å². The van der Waals surface area contributed by atoms with Crippen LogP contribution in [0.1, 0.15) is 17.7 Å². The molecule has 0 aromatic carbocycles. The molecule has 1 aromatic rings. The fourth-order valence-electron chi connectivity index (χ4n) is 2.40. The zero-order valence-corrected chi connectivity index (χ0v) is 8.42. The zero-order chi connectivity index (χ0) is 10.3. The minimum atomic E-state index is -0.0541. The van der Waals surface area contributed by atoms with Crippen LogP contribution in [0.4, 0.5) is 0 Å². The van der Waals surface area contributed by atoms with Crippen molar-refractivity contribution in [3.05, 3.63) is 23.5 Å². The lowest BCUT2D eigenvalue weighted by molar-refractivity contribution is -0.116. The Kier molecular flexibility index (Phi) is 1.95. The van der Waals surface area contributed by atoms with E-state index in [1.165, 1.54) is 5.69 Å². The molecular formula is C11H13N3O. The first-order valence-electron chi connectivity index (χ1n) is 5.33. The van der Waals surface area contributed by atoms with Crippen molar-refractivity contribution < 1.29 is 4.79 Å². The number of nitrogens with zero attached hydrogens (tertiary/aromatic N) is 1. The second-order valence-electron chi connectivity index (χ2n) is 4.13. The van der Waals surface area contributed by atoms with Gasteiger partial charge in [0.1, 0.15) is 0 Å². The Labute approximate surface area is 87.8 Å². The number of carbonyl (C=O) groups excluding carboxylic acids is 1. The van der Waals surface area contributed by atoms with E-state index < -0.39 is 0 Å². The quantitative estimate of drug-likeness (QED) is 0.645. The minimum Gasteiger partial charge on any atom is -0.364 e. The van der Waals surface area contributed by atoms with Crippen LogP contribution in [0.5, 0.6) is 0 Å². The van der Waals surface area contributed by atoms with Gasteiger partial charge in [-0.25, -0.2) is 4.99 Å². The number of aryl methyl sites for hydroxylation is 1. The van der Waals surface area contributed by atoms with E-state index in [2.05, 4.69) is 15.3 Å². The van der Waals surface area contributed by atoms with Crippen LogP contribution in [0, 0.1) is 5.92 Å².